The number of benzene rings is 2. The van der Waals surface area contributed by atoms with Gasteiger partial charge in [-0.2, -0.15) is 0 Å². The maximum atomic E-state index is 10.2. The number of hydrogen-bond donors (Lipinski definition) is 2. The van der Waals surface area contributed by atoms with Crippen LogP contribution in [0.2, 0.25) is 0 Å². The second kappa shape index (κ2) is 6.58. The number of aliphatic hydroxyl groups excluding tert-OH is 1. The molecule has 0 amide bonds. The first-order valence-electron chi connectivity index (χ1n) is 7.12. The zero-order chi connectivity index (χ0) is 14.5. The molecule has 2 nitrogen and oxygen atoms in total. The van der Waals surface area contributed by atoms with Crippen molar-refractivity contribution < 1.29 is 5.11 Å². The molecule has 2 aromatic rings. The molecule has 2 rings (SSSR count). The van der Waals surface area contributed by atoms with E-state index in [0.29, 0.717) is 6.42 Å². The number of para-hydroxylation sites is 1. The van der Waals surface area contributed by atoms with Crippen LogP contribution in [0.15, 0.2) is 42.5 Å². The van der Waals surface area contributed by atoms with E-state index in [0.717, 1.165) is 17.8 Å². The zero-order valence-electron chi connectivity index (χ0n) is 12.5. The van der Waals surface area contributed by atoms with Gasteiger partial charge in [-0.1, -0.05) is 36.4 Å². The highest BCUT2D eigenvalue weighted by Crippen LogP contribution is 2.20. The summed E-state index contributed by atoms with van der Waals surface area (Å²) in [5.74, 6) is 0. The molecule has 0 spiro atoms. The normalized spacial score (nSPS) is 12.2. The number of hydrogen-bond acceptors (Lipinski definition) is 2. The van der Waals surface area contributed by atoms with Crippen LogP contribution in [0.1, 0.15) is 34.8 Å². The van der Waals surface area contributed by atoms with E-state index in [1.165, 1.54) is 16.7 Å². The van der Waals surface area contributed by atoms with Crippen molar-refractivity contribution in [2.24, 2.45) is 0 Å². The van der Waals surface area contributed by atoms with Crippen molar-refractivity contribution >= 4 is 5.69 Å². The number of aliphatic hydroxyl groups is 1. The van der Waals surface area contributed by atoms with Crippen LogP contribution in [-0.4, -0.2) is 11.7 Å². The van der Waals surface area contributed by atoms with E-state index >= 15 is 0 Å². The summed E-state index contributed by atoms with van der Waals surface area (Å²) >= 11 is 0. The van der Waals surface area contributed by atoms with E-state index in [4.69, 9.17) is 0 Å². The molecule has 2 N–H and O–H groups in total. The molecule has 0 saturated heterocycles. The molecular weight excluding hydrogens is 246 g/mol. The molecule has 1 atom stereocenters. The van der Waals surface area contributed by atoms with E-state index in [9.17, 15) is 5.11 Å². The van der Waals surface area contributed by atoms with E-state index in [1.807, 2.05) is 18.2 Å². The van der Waals surface area contributed by atoms with Gasteiger partial charge >= 0.3 is 0 Å². The Kier molecular flexibility index (Phi) is 4.80. The van der Waals surface area contributed by atoms with E-state index in [2.05, 4.69) is 50.4 Å². The second-order valence-corrected chi connectivity index (χ2v) is 5.39. The maximum absolute atomic E-state index is 10.2. The molecule has 106 valence electrons. The van der Waals surface area contributed by atoms with Crippen LogP contribution >= 0.6 is 0 Å². The van der Waals surface area contributed by atoms with E-state index in [-0.39, 0.29) is 0 Å². The van der Waals surface area contributed by atoms with E-state index < -0.39 is 6.10 Å². The van der Waals surface area contributed by atoms with Crippen LogP contribution in [0.3, 0.4) is 0 Å². The largest absolute Gasteiger partial charge is 0.388 e. The quantitative estimate of drug-likeness (QED) is 0.854. The third-order valence-electron chi connectivity index (χ3n) is 3.79. The smallest absolute Gasteiger partial charge is 0.0806 e. The molecule has 2 aromatic carbocycles. The number of aryl methyl sites for hydroxylation is 3. The van der Waals surface area contributed by atoms with Crippen molar-refractivity contribution in [3.63, 3.8) is 0 Å². The summed E-state index contributed by atoms with van der Waals surface area (Å²) in [7, 11) is 0. The average Bonchev–Trinajstić information content (AvgIpc) is 2.44. The van der Waals surface area contributed by atoms with Gasteiger partial charge in [0.2, 0.25) is 0 Å². The van der Waals surface area contributed by atoms with Crippen molar-refractivity contribution in [2.75, 3.05) is 11.9 Å². The summed E-state index contributed by atoms with van der Waals surface area (Å²) in [4.78, 5) is 0. The van der Waals surface area contributed by atoms with Gasteiger partial charge in [-0.15, -0.1) is 0 Å². The van der Waals surface area contributed by atoms with Gasteiger partial charge in [-0.25, -0.2) is 0 Å². The van der Waals surface area contributed by atoms with Gasteiger partial charge in [0.15, 0.2) is 0 Å². The molecule has 0 aromatic heterocycles. The summed E-state index contributed by atoms with van der Waals surface area (Å²) in [5.41, 5.74) is 5.86. The third-order valence-corrected chi connectivity index (χ3v) is 3.79. The standard InChI is InChI=1S/C18H23NO/c1-13-8-9-16(12-15(13)3)18(20)10-11-19-17-7-5-4-6-14(17)2/h4-9,12,18-20H,10-11H2,1-3H3. The first-order chi connectivity index (χ1) is 9.58. The highest BCUT2D eigenvalue weighted by atomic mass is 16.3. The Morgan fingerprint density at radius 2 is 1.70 bits per heavy atom. The predicted octanol–water partition coefficient (Wildman–Crippen LogP) is 4.15. The minimum Gasteiger partial charge on any atom is -0.388 e. The summed E-state index contributed by atoms with van der Waals surface area (Å²) in [6.07, 6.45) is 0.294. The lowest BCUT2D eigenvalue weighted by Gasteiger charge is -2.14. The van der Waals surface area contributed by atoms with Crippen molar-refractivity contribution in [3.05, 3.63) is 64.7 Å². The Labute approximate surface area is 121 Å². The molecule has 0 saturated carbocycles. The van der Waals surface area contributed by atoms with Gasteiger partial charge < -0.3 is 10.4 Å². The number of anilines is 1. The Morgan fingerprint density at radius 3 is 2.40 bits per heavy atom. The average molecular weight is 269 g/mol. The van der Waals surface area contributed by atoms with Gasteiger partial charge in [0.1, 0.15) is 0 Å². The lowest BCUT2D eigenvalue weighted by atomic mass is 10.0. The molecule has 1 unspecified atom stereocenters. The summed E-state index contributed by atoms with van der Waals surface area (Å²) in [5, 5.41) is 13.6. The van der Waals surface area contributed by atoms with Crippen LogP contribution in [0.4, 0.5) is 5.69 Å². The van der Waals surface area contributed by atoms with Crippen molar-refractivity contribution in [1.29, 1.82) is 0 Å². The highest BCUT2D eigenvalue weighted by molar-refractivity contribution is 5.50. The topological polar surface area (TPSA) is 32.3 Å². The minimum atomic E-state index is -0.411. The molecule has 20 heavy (non-hydrogen) atoms. The van der Waals surface area contributed by atoms with E-state index in [1.54, 1.807) is 0 Å². The molecule has 2 heteroatoms. The fraction of sp³-hybridized carbons (Fsp3) is 0.333. The van der Waals surface area contributed by atoms with Crippen molar-refractivity contribution in [3.8, 4) is 0 Å². The zero-order valence-corrected chi connectivity index (χ0v) is 12.5. The highest BCUT2D eigenvalue weighted by Gasteiger charge is 2.08. The third kappa shape index (κ3) is 3.61. The van der Waals surface area contributed by atoms with Crippen LogP contribution in [0.25, 0.3) is 0 Å². The fourth-order valence-corrected chi connectivity index (χ4v) is 2.25. The van der Waals surface area contributed by atoms with Gasteiger partial charge in [0.05, 0.1) is 6.10 Å². The van der Waals surface area contributed by atoms with Crippen molar-refractivity contribution in [1.82, 2.24) is 0 Å². The molecule has 0 bridgehead atoms. The maximum Gasteiger partial charge on any atom is 0.0806 e. The van der Waals surface area contributed by atoms with Crippen LogP contribution in [0, 0.1) is 20.8 Å². The summed E-state index contributed by atoms with van der Waals surface area (Å²) in [6.45, 7) is 7.02. The molecule has 0 radical (unpaired) electrons. The molecule has 0 fully saturated rings. The monoisotopic (exact) mass is 269 g/mol. The molecule has 0 aliphatic rings. The van der Waals surface area contributed by atoms with Gasteiger partial charge in [-0.05, 0) is 55.5 Å². The lowest BCUT2D eigenvalue weighted by molar-refractivity contribution is 0.171. The Balaban J connectivity index is 1.90. The van der Waals surface area contributed by atoms with Gasteiger partial charge in [0, 0.05) is 12.2 Å². The van der Waals surface area contributed by atoms with Crippen molar-refractivity contribution in [2.45, 2.75) is 33.3 Å². The number of rotatable bonds is 5. The van der Waals surface area contributed by atoms with Gasteiger partial charge in [0.25, 0.3) is 0 Å². The molecule has 0 aliphatic heterocycles. The number of nitrogens with one attached hydrogen (secondary N) is 1. The molecule has 0 aliphatic carbocycles. The Bertz CT molecular complexity index is 577. The van der Waals surface area contributed by atoms with Crippen LogP contribution in [0.5, 0.6) is 0 Å². The van der Waals surface area contributed by atoms with Crippen LogP contribution < -0.4 is 5.32 Å². The molecule has 0 heterocycles. The Morgan fingerprint density at radius 1 is 0.950 bits per heavy atom. The summed E-state index contributed by atoms with van der Waals surface area (Å²) < 4.78 is 0. The second-order valence-electron chi connectivity index (χ2n) is 5.39. The van der Waals surface area contributed by atoms with Gasteiger partial charge in [-0.3, -0.25) is 0 Å². The fourth-order valence-electron chi connectivity index (χ4n) is 2.25. The first kappa shape index (κ1) is 14.6. The predicted molar refractivity (Wildman–Crippen MR) is 85.2 cm³/mol. The minimum absolute atomic E-state index is 0.411. The first-order valence-corrected chi connectivity index (χ1v) is 7.12. The van der Waals surface area contributed by atoms with Crippen LogP contribution in [-0.2, 0) is 0 Å². The SMILES string of the molecule is Cc1ccc(C(O)CCNc2ccccc2C)cc1C. The lowest BCUT2D eigenvalue weighted by Crippen LogP contribution is -2.08. The molecular formula is C18H23NO. The Hall–Kier alpha value is -1.80. The summed E-state index contributed by atoms with van der Waals surface area (Å²) in [6, 6.07) is 14.4.